The van der Waals surface area contributed by atoms with Crippen molar-refractivity contribution in [1.82, 2.24) is 0 Å². The summed E-state index contributed by atoms with van der Waals surface area (Å²) in [5.41, 5.74) is 4.67. The Morgan fingerprint density at radius 3 is 1.48 bits per heavy atom. The van der Waals surface area contributed by atoms with E-state index in [2.05, 4.69) is 19.6 Å². The van der Waals surface area contributed by atoms with Crippen molar-refractivity contribution in [3.05, 3.63) is 0 Å². The average Bonchev–Trinajstić information content (AvgIpc) is 2.54. The second-order valence-electron chi connectivity index (χ2n) is 6.97. The zero-order valence-electron chi connectivity index (χ0n) is 15.2. The van der Waals surface area contributed by atoms with E-state index in [1.54, 1.807) is 0 Å². The van der Waals surface area contributed by atoms with Gasteiger partial charge in [-0.15, -0.1) is 0 Å². The molecule has 0 amide bonds. The lowest BCUT2D eigenvalue weighted by molar-refractivity contribution is -0.142. The standard InChI is InChI=1S/C19H39NO2S/c1-2-3-4-5-6-7-8-9-10-11-12-13-14-15-16-19(20,17-23)18(21)22/h23H,2-17,20H2,1H3,(H,21,22). The molecular formula is C19H39NO2S. The quantitative estimate of drug-likeness (QED) is 0.238. The van der Waals surface area contributed by atoms with Gasteiger partial charge in [0.1, 0.15) is 5.54 Å². The van der Waals surface area contributed by atoms with Gasteiger partial charge in [-0.2, -0.15) is 12.6 Å². The van der Waals surface area contributed by atoms with Crippen LogP contribution in [0.1, 0.15) is 103 Å². The van der Waals surface area contributed by atoms with E-state index in [1.165, 1.54) is 77.0 Å². The Bertz CT molecular complexity index is 287. The normalized spacial score (nSPS) is 13.9. The molecule has 4 heteroatoms. The summed E-state index contributed by atoms with van der Waals surface area (Å²) in [5.74, 6) is -0.719. The molecule has 0 aromatic rings. The molecule has 0 aliphatic heterocycles. The highest BCUT2D eigenvalue weighted by Crippen LogP contribution is 2.17. The average molecular weight is 346 g/mol. The molecule has 0 bridgehead atoms. The predicted octanol–water partition coefficient (Wildman–Crippen LogP) is 5.57. The Balaban J connectivity index is 3.26. The summed E-state index contributed by atoms with van der Waals surface area (Å²) in [6.45, 7) is 2.26. The molecule has 0 fully saturated rings. The van der Waals surface area contributed by atoms with Gasteiger partial charge in [0.05, 0.1) is 0 Å². The molecule has 0 aromatic heterocycles. The van der Waals surface area contributed by atoms with Crippen LogP contribution in [-0.4, -0.2) is 22.4 Å². The highest BCUT2D eigenvalue weighted by atomic mass is 32.1. The maximum atomic E-state index is 11.0. The van der Waals surface area contributed by atoms with Crippen LogP contribution in [0.2, 0.25) is 0 Å². The Labute approximate surface area is 149 Å². The first-order valence-corrected chi connectivity index (χ1v) is 10.3. The zero-order valence-corrected chi connectivity index (χ0v) is 16.1. The van der Waals surface area contributed by atoms with Gasteiger partial charge in [0.2, 0.25) is 0 Å². The van der Waals surface area contributed by atoms with Gasteiger partial charge in [-0.3, -0.25) is 4.79 Å². The molecule has 23 heavy (non-hydrogen) atoms. The SMILES string of the molecule is CCCCCCCCCCCCCCCCC(N)(CS)C(=O)O. The third-order valence-electron chi connectivity index (χ3n) is 4.68. The first-order valence-electron chi connectivity index (χ1n) is 9.70. The van der Waals surface area contributed by atoms with Crippen molar-refractivity contribution in [2.45, 2.75) is 109 Å². The molecule has 3 N–H and O–H groups in total. The van der Waals surface area contributed by atoms with E-state index in [0.717, 1.165) is 12.8 Å². The van der Waals surface area contributed by atoms with Gasteiger partial charge in [-0.25, -0.2) is 0 Å². The van der Waals surface area contributed by atoms with Crippen LogP contribution >= 0.6 is 12.6 Å². The van der Waals surface area contributed by atoms with Gasteiger partial charge in [0.15, 0.2) is 0 Å². The summed E-state index contributed by atoms with van der Waals surface area (Å²) in [4.78, 5) is 11.0. The van der Waals surface area contributed by atoms with E-state index in [-0.39, 0.29) is 5.75 Å². The van der Waals surface area contributed by atoms with Crippen molar-refractivity contribution in [3.63, 3.8) is 0 Å². The van der Waals surface area contributed by atoms with Crippen LogP contribution in [0.3, 0.4) is 0 Å². The summed E-state index contributed by atoms with van der Waals surface area (Å²) in [7, 11) is 0. The van der Waals surface area contributed by atoms with E-state index in [1.807, 2.05) is 0 Å². The molecular weight excluding hydrogens is 306 g/mol. The highest BCUT2D eigenvalue weighted by Gasteiger charge is 2.31. The van der Waals surface area contributed by atoms with Crippen LogP contribution in [0.5, 0.6) is 0 Å². The number of carboxylic acids is 1. The van der Waals surface area contributed by atoms with Crippen molar-refractivity contribution in [1.29, 1.82) is 0 Å². The minimum Gasteiger partial charge on any atom is -0.480 e. The van der Waals surface area contributed by atoms with Crippen LogP contribution in [0.15, 0.2) is 0 Å². The molecule has 0 aliphatic rings. The number of nitrogens with two attached hydrogens (primary N) is 1. The van der Waals surface area contributed by atoms with Crippen LogP contribution < -0.4 is 5.73 Å². The van der Waals surface area contributed by atoms with E-state index in [0.29, 0.717) is 6.42 Å². The zero-order chi connectivity index (χ0) is 17.4. The number of hydrogen-bond donors (Lipinski definition) is 3. The maximum Gasteiger partial charge on any atom is 0.324 e. The van der Waals surface area contributed by atoms with Gasteiger partial charge >= 0.3 is 5.97 Å². The van der Waals surface area contributed by atoms with Crippen LogP contribution in [0, 0.1) is 0 Å². The Hall–Kier alpha value is -0.220. The summed E-state index contributed by atoms with van der Waals surface area (Å²) in [6, 6.07) is 0. The topological polar surface area (TPSA) is 63.3 Å². The first-order chi connectivity index (χ1) is 11.1. The molecule has 0 heterocycles. The lowest BCUT2D eigenvalue weighted by atomic mass is 9.95. The van der Waals surface area contributed by atoms with Crippen molar-refractivity contribution in [3.8, 4) is 0 Å². The van der Waals surface area contributed by atoms with E-state index < -0.39 is 11.5 Å². The second-order valence-corrected chi connectivity index (χ2v) is 7.28. The third-order valence-corrected chi connectivity index (χ3v) is 5.25. The maximum absolute atomic E-state index is 11.0. The molecule has 1 unspecified atom stereocenters. The molecule has 1 atom stereocenters. The van der Waals surface area contributed by atoms with Crippen molar-refractivity contribution in [2.75, 3.05) is 5.75 Å². The second kappa shape index (κ2) is 15.3. The monoisotopic (exact) mass is 345 g/mol. The van der Waals surface area contributed by atoms with Gasteiger partial charge in [0.25, 0.3) is 0 Å². The molecule has 138 valence electrons. The number of hydrogen-bond acceptors (Lipinski definition) is 3. The van der Waals surface area contributed by atoms with Crippen LogP contribution in [0.4, 0.5) is 0 Å². The van der Waals surface area contributed by atoms with Crippen molar-refractivity contribution < 1.29 is 9.90 Å². The minimum absolute atomic E-state index is 0.209. The molecule has 0 rings (SSSR count). The van der Waals surface area contributed by atoms with Crippen LogP contribution in [-0.2, 0) is 4.79 Å². The van der Waals surface area contributed by atoms with Gasteiger partial charge in [0, 0.05) is 5.75 Å². The number of unbranched alkanes of at least 4 members (excludes halogenated alkanes) is 13. The first kappa shape index (κ1) is 22.8. The lowest BCUT2D eigenvalue weighted by Crippen LogP contribution is -2.49. The van der Waals surface area contributed by atoms with Crippen molar-refractivity contribution in [2.24, 2.45) is 5.73 Å². The number of rotatable bonds is 17. The Morgan fingerprint density at radius 1 is 0.826 bits per heavy atom. The lowest BCUT2D eigenvalue weighted by Gasteiger charge is -2.22. The van der Waals surface area contributed by atoms with Gasteiger partial charge < -0.3 is 10.8 Å². The van der Waals surface area contributed by atoms with E-state index >= 15 is 0 Å². The highest BCUT2D eigenvalue weighted by molar-refractivity contribution is 7.80. The van der Waals surface area contributed by atoms with E-state index in [9.17, 15) is 4.79 Å². The molecule has 0 aliphatic carbocycles. The molecule has 0 aromatic carbocycles. The smallest absolute Gasteiger partial charge is 0.324 e. The largest absolute Gasteiger partial charge is 0.480 e. The summed E-state index contributed by atoms with van der Waals surface area (Å²) < 4.78 is 0. The van der Waals surface area contributed by atoms with Gasteiger partial charge in [-0.05, 0) is 6.42 Å². The number of carbonyl (C=O) groups is 1. The summed E-state index contributed by atoms with van der Waals surface area (Å²) in [5, 5.41) is 9.06. The molecule has 0 radical (unpaired) electrons. The predicted molar refractivity (Wildman–Crippen MR) is 103 cm³/mol. The molecule has 0 saturated heterocycles. The fraction of sp³-hybridized carbons (Fsp3) is 0.947. The Morgan fingerprint density at radius 2 is 1.17 bits per heavy atom. The van der Waals surface area contributed by atoms with Crippen LogP contribution in [0.25, 0.3) is 0 Å². The van der Waals surface area contributed by atoms with E-state index in [4.69, 9.17) is 10.8 Å². The van der Waals surface area contributed by atoms with Crippen molar-refractivity contribution >= 4 is 18.6 Å². The van der Waals surface area contributed by atoms with Gasteiger partial charge in [-0.1, -0.05) is 96.8 Å². The molecule has 0 spiro atoms. The minimum atomic E-state index is -1.14. The fourth-order valence-corrected chi connectivity index (χ4v) is 3.18. The number of aliphatic carboxylic acids is 1. The fourth-order valence-electron chi connectivity index (χ4n) is 2.89. The molecule has 0 saturated carbocycles. The molecule has 3 nitrogen and oxygen atoms in total. The Kier molecular flexibility index (Phi) is 15.2. The number of thiol groups is 1. The third kappa shape index (κ3) is 12.8. The summed E-state index contributed by atoms with van der Waals surface area (Å²) >= 11 is 4.06. The summed E-state index contributed by atoms with van der Waals surface area (Å²) in [6.07, 6.45) is 18.8. The number of carboxylic acid groups (broad SMARTS) is 1.